The van der Waals surface area contributed by atoms with Crippen molar-refractivity contribution in [2.75, 3.05) is 39.8 Å². The third-order valence-corrected chi connectivity index (χ3v) is 6.48. The highest BCUT2D eigenvalue weighted by Gasteiger charge is 2.58. The van der Waals surface area contributed by atoms with Gasteiger partial charge in [-0.3, -0.25) is 19.4 Å². The Labute approximate surface area is 193 Å². The Bertz CT molecular complexity index is 994. The molecule has 174 valence electrons. The molecule has 0 radical (unpaired) electrons. The topological polar surface area (TPSA) is 83.3 Å². The van der Waals surface area contributed by atoms with Crippen molar-refractivity contribution >= 4 is 24.0 Å². The van der Waals surface area contributed by atoms with Crippen LogP contribution < -0.4 is 0 Å². The molecule has 3 amide bonds. The van der Waals surface area contributed by atoms with Crippen LogP contribution in [0.1, 0.15) is 24.2 Å². The summed E-state index contributed by atoms with van der Waals surface area (Å²) in [5.74, 6) is -0.0976. The second-order valence-electron chi connectivity index (χ2n) is 8.39. The molecule has 1 spiro atoms. The number of piperidine rings is 1. The van der Waals surface area contributed by atoms with E-state index in [2.05, 4.69) is 4.90 Å². The summed E-state index contributed by atoms with van der Waals surface area (Å²) in [6.45, 7) is 2.15. The maximum Gasteiger partial charge on any atom is 0.328 e. The fraction of sp³-hybridized carbons (Fsp3) is 0.400. The van der Waals surface area contributed by atoms with E-state index >= 15 is 0 Å². The number of rotatable bonds is 8. The fourth-order valence-corrected chi connectivity index (χ4v) is 4.60. The Hall–Kier alpha value is -3.39. The van der Waals surface area contributed by atoms with Crippen molar-refractivity contribution in [3.63, 3.8) is 0 Å². The van der Waals surface area contributed by atoms with Gasteiger partial charge in [0.05, 0.1) is 13.4 Å². The molecule has 2 fully saturated rings. The highest BCUT2D eigenvalue weighted by molar-refractivity contribution is 6.08. The summed E-state index contributed by atoms with van der Waals surface area (Å²) in [6.07, 6.45) is 7.30. The van der Waals surface area contributed by atoms with Crippen molar-refractivity contribution in [1.82, 2.24) is 14.7 Å². The van der Waals surface area contributed by atoms with Crippen molar-refractivity contribution in [3.05, 3.63) is 66.1 Å². The number of imide groups is 1. The monoisotopic (exact) mass is 451 g/mol. The molecule has 2 aliphatic rings. The Morgan fingerprint density at radius 1 is 1.12 bits per heavy atom. The number of ether oxygens (including phenoxy) is 1. The van der Waals surface area contributed by atoms with Crippen LogP contribution in [0.4, 0.5) is 4.79 Å². The highest BCUT2D eigenvalue weighted by Crippen LogP contribution is 2.37. The number of hydrogen-bond acceptors (Lipinski definition) is 6. The van der Waals surface area contributed by atoms with Gasteiger partial charge in [0.2, 0.25) is 0 Å². The van der Waals surface area contributed by atoms with E-state index in [1.807, 2.05) is 54.6 Å². The van der Waals surface area contributed by atoms with Gasteiger partial charge in [-0.15, -0.1) is 0 Å². The van der Waals surface area contributed by atoms with Crippen LogP contribution in [0.5, 0.6) is 0 Å². The molecule has 1 aromatic heterocycles. The zero-order chi connectivity index (χ0) is 23.3. The summed E-state index contributed by atoms with van der Waals surface area (Å²) < 4.78 is 10.0. The summed E-state index contributed by atoms with van der Waals surface area (Å²) in [6, 6.07) is 13.2. The van der Waals surface area contributed by atoms with Gasteiger partial charge in [-0.05, 0) is 43.0 Å². The molecule has 3 heterocycles. The fourth-order valence-electron chi connectivity index (χ4n) is 4.60. The van der Waals surface area contributed by atoms with Gasteiger partial charge in [0, 0.05) is 26.2 Å². The quantitative estimate of drug-likeness (QED) is 0.453. The van der Waals surface area contributed by atoms with Crippen molar-refractivity contribution in [1.29, 1.82) is 0 Å². The van der Waals surface area contributed by atoms with Gasteiger partial charge in [0.15, 0.2) is 0 Å². The number of carbonyl (C=O) groups excluding carboxylic acids is 3. The summed E-state index contributed by atoms with van der Waals surface area (Å²) in [7, 11) is 1.25. The van der Waals surface area contributed by atoms with Crippen LogP contribution in [0.15, 0.2) is 59.2 Å². The zero-order valence-corrected chi connectivity index (χ0v) is 18.8. The van der Waals surface area contributed by atoms with Crippen molar-refractivity contribution in [2.24, 2.45) is 0 Å². The third-order valence-electron chi connectivity index (χ3n) is 6.48. The molecule has 33 heavy (non-hydrogen) atoms. The predicted octanol–water partition coefficient (Wildman–Crippen LogP) is 2.81. The van der Waals surface area contributed by atoms with Crippen molar-refractivity contribution < 1.29 is 23.5 Å². The molecule has 1 aromatic carbocycles. The molecule has 0 aliphatic carbocycles. The minimum absolute atomic E-state index is 0.295. The Morgan fingerprint density at radius 3 is 2.55 bits per heavy atom. The normalized spacial score (nSPS) is 18.6. The molecule has 0 N–H and O–H groups in total. The molecular weight excluding hydrogens is 422 g/mol. The Kier molecular flexibility index (Phi) is 6.93. The van der Waals surface area contributed by atoms with Gasteiger partial charge >= 0.3 is 12.0 Å². The van der Waals surface area contributed by atoms with Crippen LogP contribution in [0, 0.1) is 0 Å². The van der Waals surface area contributed by atoms with E-state index in [-0.39, 0.29) is 12.5 Å². The Morgan fingerprint density at radius 2 is 1.88 bits per heavy atom. The van der Waals surface area contributed by atoms with E-state index in [1.165, 1.54) is 7.11 Å². The molecule has 0 unspecified atom stereocenters. The number of urea groups is 1. The van der Waals surface area contributed by atoms with Crippen LogP contribution in [-0.4, -0.2) is 78.0 Å². The second kappa shape index (κ2) is 10.0. The smallest absolute Gasteiger partial charge is 0.328 e. The van der Waals surface area contributed by atoms with E-state index in [4.69, 9.17) is 9.15 Å². The van der Waals surface area contributed by atoms with Gasteiger partial charge in [0.25, 0.3) is 5.91 Å². The molecule has 2 aromatic rings. The molecule has 0 bridgehead atoms. The van der Waals surface area contributed by atoms with E-state index in [9.17, 15) is 14.4 Å². The number of benzene rings is 1. The molecule has 8 heteroatoms. The van der Waals surface area contributed by atoms with Gasteiger partial charge in [0.1, 0.15) is 17.8 Å². The SMILES string of the molecule is COC(=O)CN1C(=O)N(CCc2ccccc2)C2(CCN(C/C=C/c3ccco3)CC2)C1=O. The van der Waals surface area contributed by atoms with Crippen LogP contribution in [0.3, 0.4) is 0 Å². The number of hydrogen-bond donors (Lipinski definition) is 0. The lowest BCUT2D eigenvalue weighted by atomic mass is 9.85. The number of amides is 3. The van der Waals surface area contributed by atoms with Crippen LogP contribution in [-0.2, 0) is 20.7 Å². The molecule has 0 saturated carbocycles. The van der Waals surface area contributed by atoms with E-state index in [1.54, 1.807) is 11.2 Å². The average molecular weight is 452 g/mol. The zero-order valence-electron chi connectivity index (χ0n) is 18.8. The molecule has 2 aliphatic heterocycles. The predicted molar refractivity (Wildman–Crippen MR) is 122 cm³/mol. The molecule has 0 atom stereocenters. The summed E-state index contributed by atoms with van der Waals surface area (Å²) in [5, 5.41) is 0. The van der Waals surface area contributed by atoms with E-state index in [0.717, 1.165) is 22.8 Å². The lowest BCUT2D eigenvalue weighted by Crippen LogP contribution is -2.57. The summed E-state index contributed by atoms with van der Waals surface area (Å²) >= 11 is 0. The van der Waals surface area contributed by atoms with E-state index in [0.29, 0.717) is 38.9 Å². The van der Waals surface area contributed by atoms with Gasteiger partial charge in [-0.1, -0.05) is 36.4 Å². The molecule has 2 saturated heterocycles. The maximum absolute atomic E-state index is 13.5. The third kappa shape index (κ3) is 4.85. The van der Waals surface area contributed by atoms with Crippen molar-refractivity contribution in [2.45, 2.75) is 24.8 Å². The Balaban J connectivity index is 1.47. The second-order valence-corrected chi connectivity index (χ2v) is 8.39. The average Bonchev–Trinajstić information content (AvgIpc) is 3.42. The first-order chi connectivity index (χ1) is 16.0. The first kappa shape index (κ1) is 22.8. The number of carbonyl (C=O) groups is 3. The molecule has 8 nitrogen and oxygen atoms in total. The van der Waals surface area contributed by atoms with Crippen LogP contribution in [0.25, 0.3) is 6.08 Å². The summed E-state index contributed by atoms with van der Waals surface area (Å²) in [5.41, 5.74) is 0.181. The van der Waals surface area contributed by atoms with E-state index < -0.39 is 17.5 Å². The highest BCUT2D eigenvalue weighted by atomic mass is 16.5. The first-order valence-corrected chi connectivity index (χ1v) is 11.2. The largest absolute Gasteiger partial charge is 0.468 e. The minimum atomic E-state index is -0.916. The van der Waals surface area contributed by atoms with Gasteiger partial charge < -0.3 is 14.1 Å². The number of nitrogens with zero attached hydrogens (tertiary/aromatic N) is 3. The summed E-state index contributed by atoms with van der Waals surface area (Å²) in [4.78, 5) is 43.6. The standard InChI is InChI=1S/C25H29N3O5/c1-32-22(29)19-27-23(30)25(28(24(27)31)15-11-20-7-3-2-4-8-20)12-16-26(17-13-25)14-5-9-21-10-6-18-33-21/h2-10,18H,11-17,19H2,1H3/b9-5+. The van der Waals surface area contributed by atoms with Gasteiger partial charge in [-0.25, -0.2) is 4.79 Å². The molecule has 4 rings (SSSR count). The lowest BCUT2D eigenvalue weighted by molar-refractivity contribution is -0.146. The lowest BCUT2D eigenvalue weighted by Gasteiger charge is -2.42. The minimum Gasteiger partial charge on any atom is -0.468 e. The van der Waals surface area contributed by atoms with Crippen molar-refractivity contribution in [3.8, 4) is 0 Å². The van der Waals surface area contributed by atoms with Crippen LogP contribution >= 0.6 is 0 Å². The number of methoxy groups -OCH3 is 1. The first-order valence-electron chi connectivity index (χ1n) is 11.2. The number of furan rings is 1. The maximum atomic E-state index is 13.5. The van der Waals surface area contributed by atoms with Crippen LogP contribution in [0.2, 0.25) is 0 Å². The number of esters is 1. The molecular formula is C25H29N3O5. The van der Waals surface area contributed by atoms with Gasteiger partial charge in [-0.2, -0.15) is 0 Å². The number of likely N-dealkylation sites (tertiary alicyclic amines) is 1.